The van der Waals surface area contributed by atoms with E-state index in [0.717, 1.165) is 0 Å². The summed E-state index contributed by atoms with van der Waals surface area (Å²) in [5, 5.41) is 8.75. The molecule has 1 heterocycles. The molecule has 1 N–H and O–H groups in total. The van der Waals surface area contributed by atoms with E-state index in [0.29, 0.717) is 13.3 Å². The number of aliphatic hydroxyl groups is 1. The van der Waals surface area contributed by atoms with Crippen LogP contribution in [0.25, 0.3) is 0 Å². The van der Waals surface area contributed by atoms with Gasteiger partial charge in [-0.3, -0.25) is 9.80 Å². The average molecular weight is 159 g/mol. The third-order valence-electron chi connectivity index (χ3n) is 1.63. The standard InChI is InChI=1S/C6H13N3O2/c1-7-3-8(2)6(11)9(4-7)5-10/h10H,3-5H2,1-2H3. The second-order valence-electron chi connectivity index (χ2n) is 2.80. The van der Waals surface area contributed by atoms with E-state index in [1.165, 1.54) is 4.90 Å². The Morgan fingerprint density at radius 2 is 2.09 bits per heavy atom. The first-order valence-electron chi connectivity index (χ1n) is 3.44. The summed E-state index contributed by atoms with van der Waals surface area (Å²) in [5.74, 6) is 0. The number of carbonyl (C=O) groups is 1. The van der Waals surface area contributed by atoms with Crippen LogP contribution in [0.3, 0.4) is 0 Å². The summed E-state index contributed by atoms with van der Waals surface area (Å²) in [5.41, 5.74) is 0. The fourth-order valence-electron chi connectivity index (χ4n) is 1.17. The predicted octanol–water partition coefficient (Wildman–Crippen LogP) is -0.850. The van der Waals surface area contributed by atoms with Gasteiger partial charge in [0.15, 0.2) is 0 Å². The molecule has 0 bridgehead atoms. The minimum absolute atomic E-state index is 0.120. The maximum Gasteiger partial charge on any atom is 0.323 e. The molecule has 0 spiro atoms. The summed E-state index contributed by atoms with van der Waals surface area (Å²) in [6.07, 6.45) is 0. The van der Waals surface area contributed by atoms with Crippen LogP contribution < -0.4 is 0 Å². The van der Waals surface area contributed by atoms with E-state index in [2.05, 4.69) is 0 Å². The number of nitrogens with zero attached hydrogens (tertiary/aromatic N) is 3. The van der Waals surface area contributed by atoms with Crippen molar-refractivity contribution in [2.24, 2.45) is 0 Å². The Kier molecular flexibility index (Phi) is 2.31. The molecule has 0 aliphatic carbocycles. The summed E-state index contributed by atoms with van der Waals surface area (Å²) in [6, 6.07) is -0.120. The lowest BCUT2D eigenvalue weighted by Gasteiger charge is -2.37. The normalized spacial score (nSPS) is 21.2. The molecule has 11 heavy (non-hydrogen) atoms. The van der Waals surface area contributed by atoms with E-state index in [9.17, 15) is 4.79 Å². The fourth-order valence-corrected chi connectivity index (χ4v) is 1.17. The monoisotopic (exact) mass is 159 g/mol. The van der Waals surface area contributed by atoms with E-state index in [-0.39, 0.29) is 12.8 Å². The number of carbonyl (C=O) groups excluding carboxylic acids is 1. The van der Waals surface area contributed by atoms with Crippen molar-refractivity contribution >= 4 is 6.03 Å². The van der Waals surface area contributed by atoms with Crippen molar-refractivity contribution in [2.75, 3.05) is 34.2 Å². The quantitative estimate of drug-likeness (QED) is 0.542. The zero-order valence-electron chi connectivity index (χ0n) is 6.82. The van der Waals surface area contributed by atoms with Gasteiger partial charge in [0.05, 0.1) is 13.3 Å². The third kappa shape index (κ3) is 1.61. The Bertz CT molecular complexity index is 162. The molecule has 1 rings (SSSR count). The van der Waals surface area contributed by atoms with Gasteiger partial charge in [-0.15, -0.1) is 0 Å². The maximum absolute atomic E-state index is 11.2. The Morgan fingerprint density at radius 1 is 1.45 bits per heavy atom. The minimum atomic E-state index is -0.215. The fraction of sp³-hybridized carbons (Fsp3) is 0.833. The van der Waals surface area contributed by atoms with Crippen LogP contribution in [-0.4, -0.2) is 60.0 Å². The number of aliphatic hydroxyl groups excluding tert-OH is 1. The van der Waals surface area contributed by atoms with Crippen LogP contribution in [0.1, 0.15) is 0 Å². The first kappa shape index (κ1) is 8.29. The Balaban J connectivity index is 2.59. The lowest BCUT2D eigenvalue weighted by molar-refractivity contribution is 0.0178. The van der Waals surface area contributed by atoms with Gasteiger partial charge in [-0.1, -0.05) is 0 Å². The molecule has 64 valence electrons. The van der Waals surface area contributed by atoms with Gasteiger partial charge in [-0.05, 0) is 7.05 Å². The number of rotatable bonds is 1. The molecular weight excluding hydrogens is 146 g/mol. The second-order valence-corrected chi connectivity index (χ2v) is 2.80. The number of hydrogen-bond donors (Lipinski definition) is 1. The smallest absolute Gasteiger partial charge is 0.323 e. The lowest BCUT2D eigenvalue weighted by Crippen LogP contribution is -2.55. The van der Waals surface area contributed by atoms with Gasteiger partial charge >= 0.3 is 6.03 Å². The van der Waals surface area contributed by atoms with Crippen LogP contribution in [0.15, 0.2) is 0 Å². The Labute approximate surface area is 65.8 Å². The van der Waals surface area contributed by atoms with Crippen molar-refractivity contribution in [2.45, 2.75) is 0 Å². The highest BCUT2D eigenvalue weighted by Gasteiger charge is 2.24. The molecule has 2 amide bonds. The number of amides is 2. The molecule has 0 radical (unpaired) electrons. The van der Waals surface area contributed by atoms with E-state index in [1.54, 1.807) is 11.9 Å². The third-order valence-corrected chi connectivity index (χ3v) is 1.63. The van der Waals surface area contributed by atoms with Crippen LogP contribution in [0.4, 0.5) is 4.79 Å². The summed E-state index contributed by atoms with van der Waals surface area (Å²) in [4.78, 5) is 16.0. The SMILES string of the molecule is CN1CN(C)C(=O)N(CO)C1. The van der Waals surface area contributed by atoms with Gasteiger partial charge in [-0.2, -0.15) is 0 Å². The predicted molar refractivity (Wildman–Crippen MR) is 39.6 cm³/mol. The molecule has 1 saturated heterocycles. The Morgan fingerprint density at radius 3 is 2.64 bits per heavy atom. The van der Waals surface area contributed by atoms with Crippen molar-refractivity contribution in [3.8, 4) is 0 Å². The van der Waals surface area contributed by atoms with Crippen molar-refractivity contribution in [3.63, 3.8) is 0 Å². The molecule has 0 aromatic heterocycles. The maximum atomic E-state index is 11.2. The molecule has 0 atom stereocenters. The summed E-state index contributed by atoms with van der Waals surface area (Å²) >= 11 is 0. The van der Waals surface area contributed by atoms with Gasteiger partial charge in [0, 0.05) is 7.05 Å². The van der Waals surface area contributed by atoms with Gasteiger partial charge < -0.3 is 10.0 Å². The molecule has 5 heteroatoms. The van der Waals surface area contributed by atoms with Crippen molar-refractivity contribution in [1.29, 1.82) is 0 Å². The highest BCUT2D eigenvalue weighted by atomic mass is 16.3. The molecule has 1 fully saturated rings. The molecule has 0 saturated carbocycles. The van der Waals surface area contributed by atoms with Crippen LogP contribution in [-0.2, 0) is 0 Å². The first-order chi connectivity index (χ1) is 5.15. The molecule has 1 aliphatic heterocycles. The minimum Gasteiger partial charge on any atom is -0.376 e. The second kappa shape index (κ2) is 3.06. The van der Waals surface area contributed by atoms with E-state index >= 15 is 0 Å². The van der Waals surface area contributed by atoms with E-state index in [4.69, 9.17) is 5.11 Å². The topological polar surface area (TPSA) is 47.0 Å². The largest absolute Gasteiger partial charge is 0.376 e. The summed E-state index contributed by atoms with van der Waals surface area (Å²) in [7, 11) is 3.60. The van der Waals surface area contributed by atoms with Gasteiger partial charge in [0.1, 0.15) is 6.73 Å². The van der Waals surface area contributed by atoms with Gasteiger partial charge in [-0.25, -0.2) is 4.79 Å². The molecule has 0 unspecified atom stereocenters. The summed E-state index contributed by atoms with van der Waals surface area (Å²) < 4.78 is 0. The average Bonchev–Trinajstić information content (AvgIpc) is 1.96. The van der Waals surface area contributed by atoms with Crippen molar-refractivity contribution < 1.29 is 9.90 Å². The summed E-state index contributed by atoms with van der Waals surface area (Å²) in [6.45, 7) is 0.905. The van der Waals surface area contributed by atoms with Crippen molar-refractivity contribution in [1.82, 2.24) is 14.7 Å². The number of hydrogen-bond acceptors (Lipinski definition) is 3. The highest BCUT2D eigenvalue weighted by Crippen LogP contribution is 2.04. The van der Waals surface area contributed by atoms with Crippen LogP contribution >= 0.6 is 0 Å². The highest BCUT2D eigenvalue weighted by molar-refractivity contribution is 5.74. The number of urea groups is 1. The zero-order chi connectivity index (χ0) is 8.43. The van der Waals surface area contributed by atoms with Gasteiger partial charge in [0.2, 0.25) is 0 Å². The zero-order valence-corrected chi connectivity index (χ0v) is 6.82. The van der Waals surface area contributed by atoms with Crippen LogP contribution in [0.2, 0.25) is 0 Å². The first-order valence-corrected chi connectivity index (χ1v) is 3.44. The molecule has 5 nitrogen and oxygen atoms in total. The molecule has 0 aromatic rings. The lowest BCUT2D eigenvalue weighted by atomic mass is 10.5. The van der Waals surface area contributed by atoms with Crippen LogP contribution in [0, 0.1) is 0 Å². The van der Waals surface area contributed by atoms with E-state index < -0.39 is 0 Å². The van der Waals surface area contributed by atoms with Crippen molar-refractivity contribution in [3.05, 3.63) is 0 Å². The van der Waals surface area contributed by atoms with E-state index in [1.807, 2.05) is 11.9 Å². The molecule has 1 aliphatic rings. The Hall–Kier alpha value is -0.810. The van der Waals surface area contributed by atoms with Gasteiger partial charge in [0.25, 0.3) is 0 Å². The molecule has 0 aromatic carbocycles. The van der Waals surface area contributed by atoms with Crippen LogP contribution in [0.5, 0.6) is 0 Å². The molecular formula is C6H13N3O2.